The minimum Gasteiger partial charge on any atom is -0.371 e. The van der Waals surface area contributed by atoms with Crippen LogP contribution in [0.5, 0.6) is 0 Å². The summed E-state index contributed by atoms with van der Waals surface area (Å²) in [5.41, 5.74) is 4.32. The van der Waals surface area contributed by atoms with Crippen molar-refractivity contribution in [2.24, 2.45) is 5.92 Å². The Bertz CT molecular complexity index is 1280. The van der Waals surface area contributed by atoms with E-state index in [1.165, 1.54) is 22.9 Å². The number of nitrogens with zero attached hydrogens (tertiary/aromatic N) is 1. The number of ketones is 2. The number of nitrogens with one attached hydrogen (secondary N) is 2. The van der Waals surface area contributed by atoms with Gasteiger partial charge in [0.25, 0.3) is 0 Å². The highest BCUT2D eigenvalue weighted by Crippen LogP contribution is 2.46. The lowest BCUT2D eigenvalue weighted by Gasteiger charge is -2.42. The maximum Gasteiger partial charge on any atom is 0.458 e. The monoisotopic (exact) mass is 601 g/mol. The van der Waals surface area contributed by atoms with Crippen LogP contribution in [0.1, 0.15) is 29.0 Å². The Labute approximate surface area is 226 Å². The molecule has 5 rings (SSSR count). The number of carbonyl (C=O) groups excluding carboxylic acids is 2. The van der Waals surface area contributed by atoms with E-state index in [1.807, 2.05) is 0 Å². The zero-order chi connectivity index (χ0) is 29.6. The topological polar surface area (TPSA) is 61.4 Å². The zero-order valence-corrected chi connectivity index (χ0v) is 21.1. The van der Waals surface area contributed by atoms with Crippen LogP contribution in [0, 0.1) is 5.92 Å². The summed E-state index contributed by atoms with van der Waals surface area (Å²) in [5, 5.41) is 6.94. The van der Waals surface area contributed by atoms with Crippen LogP contribution in [0.15, 0.2) is 30.3 Å². The average molecular weight is 602 g/mol. The molecule has 3 aliphatic heterocycles. The van der Waals surface area contributed by atoms with E-state index in [9.17, 15) is 49.1 Å². The Hall–Kier alpha value is -3.00. The summed E-state index contributed by atoms with van der Waals surface area (Å²) in [6.07, 6.45) is -13.8. The average Bonchev–Trinajstić information content (AvgIpc) is 3.32. The van der Waals surface area contributed by atoms with Gasteiger partial charge in [0, 0.05) is 43.5 Å². The van der Waals surface area contributed by atoms with Crippen molar-refractivity contribution in [1.82, 2.24) is 5.32 Å². The minimum absolute atomic E-state index is 0.279. The van der Waals surface area contributed by atoms with Crippen LogP contribution in [0.3, 0.4) is 0 Å². The smallest absolute Gasteiger partial charge is 0.371 e. The minimum atomic E-state index is -5.77. The number of alkyl halides is 9. The van der Waals surface area contributed by atoms with Crippen molar-refractivity contribution < 1.29 is 49.1 Å². The Kier molecular flexibility index (Phi) is 8.07. The molecule has 2 aromatic carbocycles. The molecule has 1 saturated heterocycles. The molecule has 0 saturated carbocycles. The number of carbonyl (C=O) groups is 2. The van der Waals surface area contributed by atoms with E-state index in [4.69, 9.17) is 11.6 Å². The standard InChI is InChI=1S/C21H21ClF3N3.C4F6O2/c22-18-4-3-14(21(23,24)25)7-19(18)27-15-6-12-2-1-5-28-11-13-9-26-10-17(13)16(8-15)20(12)28;5-3(6,7)1(11)2(12)4(8,9)10/h3-4,6-8,13,17,26-27H,1-2,5,9-11H2;/t13-,17-;/m1./s1. The fraction of sp³-hybridized carbons (Fsp3) is 0.440. The van der Waals surface area contributed by atoms with Gasteiger partial charge in [-0.15, -0.1) is 0 Å². The van der Waals surface area contributed by atoms with Crippen LogP contribution >= 0.6 is 11.6 Å². The second-order valence-electron chi connectivity index (χ2n) is 9.62. The molecule has 0 radical (unpaired) electrons. The van der Waals surface area contributed by atoms with Crippen molar-refractivity contribution in [1.29, 1.82) is 0 Å². The fourth-order valence-electron chi connectivity index (χ4n) is 5.19. The Morgan fingerprint density at radius 1 is 0.925 bits per heavy atom. The molecular weight excluding hydrogens is 581 g/mol. The van der Waals surface area contributed by atoms with Crippen molar-refractivity contribution in [3.05, 3.63) is 52.0 Å². The molecule has 2 aromatic rings. The van der Waals surface area contributed by atoms with Gasteiger partial charge in [-0.2, -0.15) is 39.5 Å². The Morgan fingerprint density at radius 2 is 1.57 bits per heavy atom. The molecule has 0 aliphatic carbocycles. The van der Waals surface area contributed by atoms with Crippen molar-refractivity contribution in [2.45, 2.75) is 37.3 Å². The van der Waals surface area contributed by atoms with E-state index in [-0.39, 0.29) is 10.7 Å². The molecule has 2 N–H and O–H groups in total. The first-order valence-corrected chi connectivity index (χ1v) is 12.3. The molecule has 40 heavy (non-hydrogen) atoms. The summed E-state index contributed by atoms with van der Waals surface area (Å²) in [5.74, 6) is -5.77. The van der Waals surface area contributed by atoms with Gasteiger partial charge in [-0.25, -0.2) is 0 Å². The van der Waals surface area contributed by atoms with E-state index in [2.05, 4.69) is 27.7 Å². The second kappa shape index (κ2) is 10.8. The van der Waals surface area contributed by atoms with Crippen molar-refractivity contribution in [3.63, 3.8) is 0 Å². The number of rotatable bonds is 3. The summed E-state index contributed by atoms with van der Waals surface area (Å²) in [4.78, 5) is 21.7. The summed E-state index contributed by atoms with van der Waals surface area (Å²) < 4.78 is 106. The fourth-order valence-corrected chi connectivity index (χ4v) is 5.35. The third-order valence-electron chi connectivity index (χ3n) is 6.90. The predicted octanol–water partition coefficient (Wildman–Crippen LogP) is 6.42. The van der Waals surface area contributed by atoms with E-state index in [1.54, 1.807) is 0 Å². The van der Waals surface area contributed by atoms with E-state index < -0.39 is 35.7 Å². The van der Waals surface area contributed by atoms with Gasteiger partial charge in [-0.05, 0) is 60.2 Å². The number of Topliss-reactive ketones (excluding diaryl/α,β-unsaturated/α-hetero) is 2. The van der Waals surface area contributed by atoms with E-state index >= 15 is 0 Å². The van der Waals surface area contributed by atoms with Gasteiger partial charge in [-0.1, -0.05) is 11.6 Å². The normalized spacial score (nSPS) is 20.2. The number of fused-ring (bicyclic) bond motifs is 2. The van der Waals surface area contributed by atoms with Gasteiger partial charge in [0.05, 0.1) is 16.3 Å². The van der Waals surface area contributed by atoms with Gasteiger partial charge in [0.1, 0.15) is 0 Å². The molecule has 0 aromatic heterocycles. The van der Waals surface area contributed by atoms with Crippen LogP contribution in [0.4, 0.5) is 56.6 Å². The van der Waals surface area contributed by atoms with E-state index in [0.29, 0.717) is 11.8 Å². The molecule has 1 fully saturated rings. The highest BCUT2D eigenvalue weighted by atomic mass is 35.5. The van der Waals surface area contributed by atoms with Gasteiger partial charge >= 0.3 is 30.1 Å². The van der Waals surface area contributed by atoms with Crippen LogP contribution < -0.4 is 15.5 Å². The number of hydrogen-bond donors (Lipinski definition) is 2. The van der Waals surface area contributed by atoms with Crippen molar-refractivity contribution in [3.8, 4) is 0 Å². The lowest BCUT2D eigenvalue weighted by atomic mass is 9.80. The summed E-state index contributed by atoms with van der Waals surface area (Å²) in [6, 6.07) is 7.58. The molecule has 0 bridgehead atoms. The number of aryl methyl sites for hydroxylation is 1. The predicted molar refractivity (Wildman–Crippen MR) is 128 cm³/mol. The molecule has 2 atom stereocenters. The van der Waals surface area contributed by atoms with Gasteiger partial charge in [0.15, 0.2) is 0 Å². The number of hydrogen-bond acceptors (Lipinski definition) is 5. The van der Waals surface area contributed by atoms with Crippen LogP contribution in [0.2, 0.25) is 5.02 Å². The molecule has 0 amide bonds. The number of halogens is 10. The summed E-state index contributed by atoms with van der Waals surface area (Å²) in [6.45, 7) is 4.14. The quantitative estimate of drug-likeness (QED) is 0.314. The first-order valence-electron chi connectivity index (χ1n) is 12.0. The highest BCUT2D eigenvalue weighted by molar-refractivity contribution is 6.41. The third kappa shape index (κ3) is 6.32. The number of benzene rings is 2. The summed E-state index contributed by atoms with van der Waals surface area (Å²) >= 11 is 6.19. The molecule has 15 heteroatoms. The second-order valence-corrected chi connectivity index (χ2v) is 10.0. The Morgan fingerprint density at radius 3 is 2.17 bits per heavy atom. The maximum atomic E-state index is 13.1. The van der Waals surface area contributed by atoms with Crippen LogP contribution in [-0.4, -0.2) is 50.1 Å². The van der Waals surface area contributed by atoms with Gasteiger partial charge in [-0.3, -0.25) is 9.59 Å². The largest absolute Gasteiger partial charge is 0.458 e. The lowest BCUT2D eigenvalue weighted by Crippen LogP contribution is -2.41. The zero-order valence-electron chi connectivity index (χ0n) is 20.3. The number of anilines is 3. The highest BCUT2D eigenvalue weighted by Gasteiger charge is 2.54. The third-order valence-corrected chi connectivity index (χ3v) is 7.23. The van der Waals surface area contributed by atoms with Gasteiger partial charge in [0.2, 0.25) is 0 Å². The SMILES string of the molecule is FC(F)(F)c1ccc(Cl)c(Nc2cc3c4c(c2)[C@@H]2CNC[C@@H]2CN4CCC3)c1.O=C(C(=O)C(F)(F)F)C(F)(F)F. The molecule has 3 heterocycles. The van der Waals surface area contributed by atoms with Gasteiger partial charge < -0.3 is 15.5 Å². The van der Waals surface area contributed by atoms with Crippen molar-refractivity contribution in [2.75, 3.05) is 36.4 Å². The molecule has 5 nitrogen and oxygen atoms in total. The van der Waals surface area contributed by atoms with E-state index in [0.717, 1.165) is 56.8 Å². The molecule has 3 aliphatic rings. The Balaban J connectivity index is 0.000000263. The summed E-state index contributed by atoms with van der Waals surface area (Å²) in [7, 11) is 0. The molecular formula is C25H21ClF9N3O2. The molecule has 218 valence electrons. The first-order chi connectivity index (χ1) is 18.5. The lowest BCUT2D eigenvalue weighted by molar-refractivity contribution is -0.193. The first kappa shape index (κ1) is 30.0. The van der Waals surface area contributed by atoms with Crippen molar-refractivity contribution >= 4 is 40.2 Å². The van der Waals surface area contributed by atoms with Crippen LogP contribution in [-0.2, 0) is 22.2 Å². The van der Waals surface area contributed by atoms with Crippen LogP contribution in [0.25, 0.3) is 0 Å². The molecule has 0 spiro atoms. The maximum absolute atomic E-state index is 13.1. The molecule has 0 unspecified atom stereocenters.